The minimum absolute atomic E-state index is 0.0359. The number of nitrogens with two attached hydrogens (primary N) is 1. The molecule has 0 saturated heterocycles. The fourth-order valence-electron chi connectivity index (χ4n) is 1.31. The summed E-state index contributed by atoms with van der Waals surface area (Å²) in [7, 11) is 0. The Balaban J connectivity index is 2.77. The van der Waals surface area contributed by atoms with Crippen LogP contribution in [0, 0.1) is 0 Å². The van der Waals surface area contributed by atoms with Gasteiger partial charge in [-0.3, -0.25) is 9.48 Å². The van der Waals surface area contributed by atoms with Gasteiger partial charge in [0.1, 0.15) is 12.3 Å². The molecule has 0 unspecified atom stereocenters. The van der Waals surface area contributed by atoms with E-state index >= 15 is 0 Å². The quantitative estimate of drug-likeness (QED) is 0.635. The molecule has 1 aromatic heterocycles. The minimum atomic E-state index is -0.0912. The highest BCUT2D eigenvalue weighted by molar-refractivity contribution is 9.10. The zero-order valence-electron chi connectivity index (χ0n) is 9.44. The topological polar surface area (TPSA) is 70.1 Å². The minimum Gasteiger partial charge on any atom is -0.372 e. The fourth-order valence-corrected chi connectivity index (χ4v) is 1.80. The van der Waals surface area contributed by atoms with E-state index in [0.717, 1.165) is 0 Å². The van der Waals surface area contributed by atoms with Crippen molar-refractivity contribution in [3.05, 3.63) is 16.4 Å². The van der Waals surface area contributed by atoms with Crippen LogP contribution in [0.3, 0.4) is 0 Å². The maximum atomic E-state index is 11.9. The molecule has 0 aliphatic carbocycles. The van der Waals surface area contributed by atoms with Crippen molar-refractivity contribution in [2.45, 2.75) is 19.9 Å². The molecule has 2 N–H and O–H groups in total. The molecule has 0 radical (unpaired) electrons. The first kappa shape index (κ1) is 13.3. The third-order valence-corrected chi connectivity index (χ3v) is 2.58. The van der Waals surface area contributed by atoms with Crippen LogP contribution >= 0.6 is 15.9 Å². The Bertz CT molecular complexity index is 363. The molecular formula is C10H16BrN3O2. The summed E-state index contributed by atoms with van der Waals surface area (Å²) in [6, 6.07) is 0.139. The number of halogens is 1. The number of carbonyl (C=O) groups is 1. The number of carbonyl (C=O) groups excluding carboxylic acids is 1. The summed E-state index contributed by atoms with van der Waals surface area (Å²) < 4.78 is 7.50. The molecule has 0 bridgehead atoms. The Morgan fingerprint density at radius 1 is 1.69 bits per heavy atom. The lowest BCUT2D eigenvalue weighted by atomic mass is 10.2. The Labute approximate surface area is 103 Å². The van der Waals surface area contributed by atoms with Crippen molar-refractivity contribution in [2.24, 2.45) is 5.73 Å². The molecule has 16 heavy (non-hydrogen) atoms. The normalized spacial score (nSPS) is 11.1. The van der Waals surface area contributed by atoms with Gasteiger partial charge in [0.2, 0.25) is 5.78 Å². The van der Waals surface area contributed by atoms with Crippen molar-refractivity contribution in [2.75, 3.05) is 19.8 Å². The number of ketones is 1. The zero-order valence-corrected chi connectivity index (χ0v) is 11.0. The van der Waals surface area contributed by atoms with E-state index in [4.69, 9.17) is 10.5 Å². The van der Waals surface area contributed by atoms with Crippen LogP contribution in [-0.2, 0) is 4.74 Å². The van der Waals surface area contributed by atoms with Crippen molar-refractivity contribution in [1.82, 2.24) is 9.78 Å². The molecule has 0 saturated carbocycles. The Morgan fingerprint density at radius 3 is 2.94 bits per heavy atom. The van der Waals surface area contributed by atoms with Gasteiger partial charge in [-0.05, 0) is 29.8 Å². The van der Waals surface area contributed by atoms with Crippen LogP contribution < -0.4 is 5.73 Å². The van der Waals surface area contributed by atoms with E-state index in [-0.39, 0.29) is 18.4 Å². The van der Waals surface area contributed by atoms with E-state index < -0.39 is 0 Å². The molecule has 0 fully saturated rings. The van der Waals surface area contributed by atoms with E-state index in [9.17, 15) is 4.79 Å². The van der Waals surface area contributed by atoms with Gasteiger partial charge in [-0.1, -0.05) is 0 Å². The average molecular weight is 290 g/mol. The predicted molar refractivity (Wildman–Crippen MR) is 64.5 cm³/mol. The fraction of sp³-hybridized carbons (Fsp3) is 0.600. The summed E-state index contributed by atoms with van der Waals surface area (Å²) in [5.74, 6) is -0.0912. The van der Waals surface area contributed by atoms with Crippen LogP contribution in [-0.4, -0.2) is 35.3 Å². The number of aromatic nitrogens is 2. The molecule has 0 aliphatic rings. The van der Waals surface area contributed by atoms with Crippen LogP contribution in [0.25, 0.3) is 0 Å². The third-order valence-electron chi connectivity index (χ3n) is 2.00. The van der Waals surface area contributed by atoms with E-state index in [0.29, 0.717) is 23.3 Å². The van der Waals surface area contributed by atoms with Crippen LogP contribution in [0.5, 0.6) is 0 Å². The number of ether oxygens (including phenoxy) is 1. The van der Waals surface area contributed by atoms with Gasteiger partial charge in [-0.15, -0.1) is 0 Å². The molecule has 1 heterocycles. The van der Waals surface area contributed by atoms with Crippen molar-refractivity contribution in [3.63, 3.8) is 0 Å². The first-order valence-corrected chi connectivity index (χ1v) is 5.91. The summed E-state index contributed by atoms with van der Waals surface area (Å²) in [5.41, 5.74) is 5.83. The number of nitrogens with zero attached hydrogens (tertiary/aromatic N) is 2. The number of hydrogen-bond acceptors (Lipinski definition) is 4. The van der Waals surface area contributed by atoms with Crippen molar-refractivity contribution >= 4 is 21.7 Å². The summed E-state index contributed by atoms with van der Waals surface area (Å²) >= 11 is 3.31. The standard InChI is InChI=1S/C10H16BrN3O2/c1-7(2)14-10(8(11)5-13-14)9(15)6-16-4-3-12/h5,7H,3-4,6,12H2,1-2H3. The molecule has 6 heteroatoms. The molecule has 0 aromatic carbocycles. The molecular weight excluding hydrogens is 274 g/mol. The lowest BCUT2D eigenvalue weighted by Crippen LogP contribution is -2.19. The van der Waals surface area contributed by atoms with Gasteiger partial charge in [0.15, 0.2) is 0 Å². The molecule has 0 spiro atoms. The molecule has 5 nitrogen and oxygen atoms in total. The number of hydrogen-bond donors (Lipinski definition) is 1. The second-order valence-corrected chi connectivity index (χ2v) is 4.50. The van der Waals surface area contributed by atoms with Crippen LogP contribution in [0.15, 0.2) is 10.7 Å². The predicted octanol–water partition coefficient (Wildman–Crippen LogP) is 1.38. The first-order valence-electron chi connectivity index (χ1n) is 5.12. The smallest absolute Gasteiger partial charge is 0.207 e. The van der Waals surface area contributed by atoms with Gasteiger partial charge in [0.25, 0.3) is 0 Å². The summed E-state index contributed by atoms with van der Waals surface area (Å²) in [6.45, 7) is 4.78. The highest BCUT2D eigenvalue weighted by atomic mass is 79.9. The van der Waals surface area contributed by atoms with Gasteiger partial charge in [0.05, 0.1) is 17.3 Å². The SMILES string of the molecule is CC(C)n1ncc(Br)c1C(=O)COCCN. The summed E-state index contributed by atoms with van der Waals surface area (Å²) in [5, 5.41) is 4.13. The molecule has 0 aliphatic heterocycles. The van der Waals surface area contributed by atoms with Gasteiger partial charge >= 0.3 is 0 Å². The van der Waals surface area contributed by atoms with Crippen LogP contribution in [0.4, 0.5) is 0 Å². The molecule has 0 atom stereocenters. The average Bonchev–Trinajstić information content (AvgIpc) is 2.60. The Hall–Kier alpha value is -0.720. The molecule has 1 aromatic rings. The van der Waals surface area contributed by atoms with E-state index in [1.165, 1.54) is 0 Å². The Kier molecular flexibility index (Phi) is 5.11. The monoisotopic (exact) mass is 289 g/mol. The molecule has 0 amide bonds. The maximum absolute atomic E-state index is 11.9. The number of rotatable bonds is 6. The van der Waals surface area contributed by atoms with E-state index in [1.807, 2.05) is 13.8 Å². The molecule has 90 valence electrons. The summed E-state index contributed by atoms with van der Waals surface area (Å²) in [6.07, 6.45) is 1.62. The largest absolute Gasteiger partial charge is 0.372 e. The van der Waals surface area contributed by atoms with Gasteiger partial charge in [-0.25, -0.2) is 0 Å². The second kappa shape index (κ2) is 6.12. The number of Topliss-reactive ketones (excluding diaryl/α,β-unsaturated/α-hetero) is 1. The molecule has 1 rings (SSSR count). The lowest BCUT2D eigenvalue weighted by Gasteiger charge is -2.10. The first-order chi connectivity index (χ1) is 7.57. The highest BCUT2D eigenvalue weighted by Crippen LogP contribution is 2.20. The lowest BCUT2D eigenvalue weighted by molar-refractivity contribution is 0.0761. The van der Waals surface area contributed by atoms with E-state index in [2.05, 4.69) is 21.0 Å². The Morgan fingerprint density at radius 2 is 2.38 bits per heavy atom. The van der Waals surface area contributed by atoms with Crippen molar-refractivity contribution in [1.29, 1.82) is 0 Å². The second-order valence-electron chi connectivity index (χ2n) is 3.64. The van der Waals surface area contributed by atoms with Crippen molar-refractivity contribution in [3.8, 4) is 0 Å². The van der Waals surface area contributed by atoms with Crippen LogP contribution in [0.1, 0.15) is 30.4 Å². The van der Waals surface area contributed by atoms with Gasteiger partial charge in [0, 0.05) is 12.6 Å². The summed E-state index contributed by atoms with van der Waals surface area (Å²) in [4.78, 5) is 11.9. The van der Waals surface area contributed by atoms with Crippen molar-refractivity contribution < 1.29 is 9.53 Å². The maximum Gasteiger partial charge on any atom is 0.207 e. The van der Waals surface area contributed by atoms with Gasteiger partial charge < -0.3 is 10.5 Å². The van der Waals surface area contributed by atoms with Crippen LogP contribution in [0.2, 0.25) is 0 Å². The zero-order chi connectivity index (χ0) is 12.1. The highest BCUT2D eigenvalue weighted by Gasteiger charge is 2.18. The van der Waals surface area contributed by atoms with E-state index in [1.54, 1.807) is 10.9 Å². The third kappa shape index (κ3) is 3.13. The van der Waals surface area contributed by atoms with Gasteiger partial charge in [-0.2, -0.15) is 5.10 Å².